The molecule has 134 valence electrons. The summed E-state index contributed by atoms with van der Waals surface area (Å²) in [5.41, 5.74) is 1.86. The Hall–Kier alpha value is -2.73. The van der Waals surface area contributed by atoms with Crippen LogP contribution in [0.2, 0.25) is 0 Å². The summed E-state index contributed by atoms with van der Waals surface area (Å²) in [6.45, 7) is 1.94. The van der Waals surface area contributed by atoms with Crippen LogP contribution in [-0.2, 0) is 28.6 Å². The summed E-state index contributed by atoms with van der Waals surface area (Å²) < 4.78 is 22.4. The fourth-order valence-electron chi connectivity index (χ4n) is 2.72. The lowest BCUT2D eigenvalue weighted by Gasteiger charge is -2.10. The summed E-state index contributed by atoms with van der Waals surface area (Å²) in [6.07, 6.45) is 2.33. The van der Waals surface area contributed by atoms with Crippen molar-refractivity contribution in [2.45, 2.75) is 24.8 Å². The van der Waals surface area contributed by atoms with Crippen LogP contribution in [0.1, 0.15) is 28.4 Å². The Labute approximate surface area is 153 Å². The average Bonchev–Trinajstić information content (AvgIpc) is 2.65. The van der Waals surface area contributed by atoms with Crippen LogP contribution >= 0.6 is 0 Å². The van der Waals surface area contributed by atoms with Gasteiger partial charge in [-0.25, -0.2) is 9.59 Å². The lowest BCUT2D eigenvalue weighted by atomic mass is 10.1. The van der Waals surface area contributed by atoms with E-state index < -0.39 is 22.4 Å². The summed E-state index contributed by atoms with van der Waals surface area (Å²) in [4.78, 5) is 24.6. The largest absolute Gasteiger partial charge is 0.457 e. The van der Waals surface area contributed by atoms with Gasteiger partial charge in [-0.1, -0.05) is 31.2 Å². The molecule has 6 heteroatoms. The maximum Gasteiger partial charge on any atom is 0.339 e. The Kier molecular flexibility index (Phi) is 5.32. The predicted molar refractivity (Wildman–Crippen MR) is 99.8 cm³/mol. The van der Waals surface area contributed by atoms with Crippen molar-refractivity contribution >= 4 is 27.7 Å². The lowest BCUT2D eigenvalue weighted by molar-refractivity contribution is 0.0469. The van der Waals surface area contributed by atoms with Crippen molar-refractivity contribution < 1.29 is 18.2 Å². The number of aryl methyl sites for hydroxylation is 1. The van der Waals surface area contributed by atoms with E-state index in [0.717, 1.165) is 17.4 Å². The number of carbonyl (C=O) groups is 1. The van der Waals surface area contributed by atoms with E-state index in [0.29, 0.717) is 16.0 Å². The van der Waals surface area contributed by atoms with Gasteiger partial charge in [-0.3, -0.25) is 4.21 Å². The zero-order valence-electron chi connectivity index (χ0n) is 14.5. The van der Waals surface area contributed by atoms with E-state index in [9.17, 15) is 13.8 Å². The average molecular weight is 370 g/mol. The van der Waals surface area contributed by atoms with Gasteiger partial charge in [0, 0.05) is 23.3 Å². The van der Waals surface area contributed by atoms with Crippen molar-refractivity contribution in [2.75, 3.05) is 6.26 Å². The Balaban J connectivity index is 1.89. The second-order valence-electron chi connectivity index (χ2n) is 5.80. The maximum absolute atomic E-state index is 12.4. The molecule has 1 atom stereocenters. The lowest BCUT2D eigenvalue weighted by Crippen LogP contribution is -2.10. The number of hydrogen-bond acceptors (Lipinski definition) is 5. The Morgan fingerprint density at radius 1 is 1.15 bits per heavy atom. The van der Waals surface area contributed by atoms with Gasteiger partial charge < -0.3 is 9.15 Å². The third-order valence-corrected chi connectivity index (χ3v) is 5.05. The first-order valence-electron chi connectivity index (χ1n) is 8.15. The summed E-state index contributed by atoms with van der Waals surface area (Å²) in [5, 5.41) is 0.724. The number of esters is 1. The molecule has 0 aliphatic carbocycles. The summed E-state index contributed by atoms with van der Waals surface area (Å²) in [5.74, 6) is -0.581. The molecule has 0 amide bonds. The summed E-state index contributed by atoms with van der Waals surface area (Å²) in [6, 6.07) is 13.6. The fourth-order valence-corrected chi connectivity index (χ4v) is 3.45. The molecule has 0 aliphatic heterocycles. The quantitative estimate of drug-likeness (QED) is 0.508. The number of fused-ring (bicyclic) bond motifs is 1. The zero-order chi connectivity index (χ0) is 18.7. The minimum Gasteiger partial charge on any atom is -0.457 e. The second-order valence-corrected chi connectivity index (χ2v) is 7.15. The van der Waals surface area contributed by atoms with Crippen molar-refractivity contribution in [2.24, 2.45) is 0 Å². The normalized spacial score (nSPS) is 12.1. The van der Waals surface area contributed by atoms with E-state index in [2.05, 4.69) is 0 Å². The van der Waals surface area contributed by atoms with Gasteiger partial charge in [0.1, 0.15) is 12.2 Å². The highest BCUT2D eigenvalue weighted by atomic mass is 32.2. The highest BCUT2D eigenvalue weighted by Gasteiger charge is 2.16. The van der Waals surface area contributed by atoms with Crippen molar-refractivity contribution in [1.82, 2.24) is 0 Å². The number of ether oxygens (including phenoxy) is 1. The van der Waals surface area contributed by atoms with Gasteiger partial charge in [-0.2, -0.15) is 0 Å². The van der Waals surface area contributed by atoms with Crippen LogP contribution in [0.15, 0.2) is 62.6 Å². The predicted octanol–water partition coefficient (Wildman–Crippen LogP) is 3.45. The van der Waals surface area contributed by atoms with Crippen LogP contribution in [0.5, 0.6) is 0 Å². The van der Waals surface area contributed by atoms with Crippen molar-refractivity contribution in [3.63, 3.8) is 0 Å². The molecule has 1 aromatic heterocycles. The fraction of sp³-hybridized carbons (Fsp3) is 0.200. The Bertz CT molecular complexity index is 1050. The molecule has 0 spiro atoms. The number of hydrogen-bond donors (Lipinski definition) is 0. The van der Waals surface area contributed by atoms with Crippen LogP contribution in [0.4, 0.5) is 0 Å². The molecule has 0 radical (unpaired) electrons. The van der Waals surface area contributed by atoms with Gasteiger partial charge in [0.05, 0.1) is 21.3 Å². The van der Waals surface area contributed by atoms with E-state index in [4.69, 9.17) is 9.15 Å². The zero-order valence-corrected chi connectivity index (χ0v) is 15.3. The standard InChI is InChI=1S/C20H18O5S/c1-3-13-8-9-15-14(11-19(21)25-17(15)10-13)12-24-20(22)16-6-4-5-7-18(16)26(2)23/h4-11H,3,12H2,1-2H3/t26-/m1/s1. The van der Waals surface area contributed by atoms with Crippen molar-refractivity contribution in [3.8, 4) is 0 Å². The van der Waals surface area contributed by atoms with E-state index in [1.54, 1.807) is 24.3 Å². The molecule has 0 unspecified atom stereocenters. The molecule has 1 heterocycles. The molecule has 3 aromatic rings. The van der Waals surface area contributed by atoms with Gasteiger partial charge >= 0.3 is 11.6 Å². The van der Waals surface area contributed by atoms with Gasteiger partial charge in [0.15, 0.2) is 0 Å². The first-order chi connectivity index (χ1) is 12.5. The van der Waals surface area contributed by atoms with E-state index in [-0.39, 0.29) is 12.2 Å². The smallest absolute Gasteiger partial charge is 0.339 e. The van der Waals surface area contributed by atoms with Crippen LogP contribution in [-0.4, -0.2) is 16.4 Å². The van der Waals surface area contributed by atoms with Gasteiger partial charge in [-0.05, 0) is 30.2 Å². The molecule has 0 fully saturated rings. The summed E-state index contributed by atoms with van der Waals surface area (Å²) >= 11 is 0. The molecule has 26 heavy (non-hydrogen) atoms. The summed E-state index contributed by atoms with van der Waals surface area (Å²) in [7, 11) is -1.30. The molecule has 0 N–H and O–H groups in total. The number of rotatable bonds is 5. The SMILES string of the molecule is CCc1ccc2c(COC(=O)c3ccccc3[S@@](C)=O)cc(=O)oc2c1. The Morgan fingerprint density at radius 3 is 2.65 bits per heavy atom. The topological polar surface area (TPSA) is 73.6 Å². The monoisotopic (exact) mass is 370 g/mol. The number of carbonyl (C=O) groups excluding carboxylic acids is 1. The minimum absolute atomic E-state index is 0.0723. The third-order valence-electron chi connectivity index (χ3n) is 4.08. The van der Waals surface area contributed by atoms with E-state index in [1.165, 1.54) is 12.3 Å². The van der Waals surface area contributed by atoms with Gasteiger partial charge in [0.2, 0.25) is 0 Å². The van der Waals surface area contributed by atoms with Crippen molar-refractivity contribution in [3.05, 3.63) is 75.6 Å². The van der Waals surface area contributed by atoms with Crippen LogP contribution in [0, 0.1) is 0 Å². The van der Waals surface area contributed by atoms with Gasteiger partial charge in [-0.15, -0.1) is 0 Å². The molecule has 3 rings (SSSR count). The molecule has 0 saturated heterocycles. The highest BCUT2D eigenvalue weighted by Crippen LogP contribution is 2.21. The van der Waals surface area contributed by atoms with Crippen molar-refractivity contribution in [1.29, 1.82) is 0 Å². The minimum atomic E-state index is -1.30. The van der Waals surface area contributed by atoms with Crippen LogP contribution < -0.4 is 5.63 Å². The molecule has 0 bridgehead atoms. The molecule has 2 aromatic carbocycles. The van der Waals surface area contributed by atoms with Gasteiger partial charge in [0.25, 0.3) is 0 Å². The first kappa shape index (κ1) is 18.1. The van der Waals surface area contributed by atoms with E-state index >= 15 is 0 Å². The third kappa shape index (κ3) is 3.75. The highest BCUT2D eigenvalue weighted by molar-refractivity contribution is 7.84. The molecule has 0 aliphatic rings. The maximum atomic E-state index is 12.4. The Morgan fingerprint density at radius 2 is 1.92 bits per heavy atom. The second kappa shape index (κ2) is 7.66. The van der Waals surface area contributed by atoms with E-state index in [1.807, 2.05) is 25.1 Å². The first-order valence-corrected chi connectivity index (χ1v) is 9.70. The number of benzene rings is 2. The molecule has 0 saturated carbocycles. The molecular formula is C20H18O5S. The molecule has 5 nitrogen and oxygen atoms in total. The van der Waals surface area contributed by atoms with Crippen LogP contribution in [0.3, 0.4) is 0 Å². The van der Waals surface area contributed by atoms with Crippen LogP contribution in [0.25, 0.3) is 11.0 Å². The molecular weight excluding hydrogens is 352 g/mol.